The Kier molecular flexibility index (Phi) is 7.81. The number of nitrogen functional groups attached to an aromatic ring is 2. The Morgan fingerprint density at radius 2 is 1.04 bits per heavy atom. The highest BCUT2D eigenvalue weighted by Gasteiger charge is 2.27. The topological polar surface area (TPSA) is 130 Å². The van der Waals surface area contributed by atoms with Crippen molar-refractivity contribution in [2.24, 2.45) is 0 Å². The van der Waals surface area contributed by atoms with Crippen LogP contribution >= 0.6 is 23.2 Å². The maximum absolute atomic E-state index is 13.4. The van der Waals surface area contributed by atoms with Crippen molar-refractivity contribution in [3.05, 3.63) is 165 Å². The first-order chi connectivity index (χ1) is 26.2. The lowest BCUT2D eigenvalue weighted by Crippen LogP contribution is -2.19. The largest absolute Gasteiger partial charge is 0.398 e. The fraction of sp³-hybridized carbons (Fsp3) is 0. The molecule has 0 bridgehead atoms. The number of esters is 2. The van der Waals surface area contributed by atoms with E-state index in [9.17, 15) is 14.4 Å². The van der Waals surface area contributed by atoms with Gasteiger partial charge in [0.05, 0.1) is 22.2 Å². The number of fused-ring (bicyclic) bond motifs is 4. The van der Waals surface area contributed by atoms with E-state index in [1.165, 1.54) is 0 Å². The molecule has 0 fully saturated rings. The monoisotopic (exact) mass is 744 g/mol. The van der Waals surface area contributed by atoms with Gasteiger partial charge < -0.3 is 16.2 Å². The van der Waals surface area contributed by atoms with E-state index in [1.54, 1.807) is 34.7 Å². The van der Waals surface area contributed by atoms with Crippen LogP contribution in [0.15, 0.2) is 138 Å². The highest BCUT2D eigenvalue weighted by molar-refractivity contribution is 6.38. The molecule has 0 saturated heterocycles. The van der Waals surface area contributed by atoms with Gasteiger partial charge in [-0.25, -0.2) is 14.6 Å². The number of aromatic nitrogens is 2. The average Bonchev–Trinajstić information content (AvgIpc) is 3.18. The molecule has 3 heterocycles. The van der Waals surface area contributed by atoms with E-state index in [1.807, 2.05) is 103 Å². The van der Waals surface area contributed by atoms with Gasteiger partial charge in [-0.05, 0) is 71.4 Å². The Labute approximate surface area is 316 Å². The van der Waals surface area contributed by atoms with Gasteiger partial charge in [0, 0.05) is 64.5 Å². The van der Waals surface area contributed by atoms with E-state index >= 15 is 0 Å². The van der Waals surface area contributed by atoms with Crippen LogP contribution in [-0.4, -0.2) is 21.3 Å². The van der Waals surface area contributed by atoms with Crippen molar-refractivity contribution in [2.45, 2.75) is 0 Å². The van der Waals surface area contributed by atoms with Crippen LogP contribution in [0.3, 0.4) is 0 Å². The fourth-order valence-electron chi connectivity index (χ4n) is 7.41. The van der Waals surface area contributed by atoms with Crippen LogP contribution in [0.1, 0.15) is 20.7 Å². The summed E-state index contributed by atoms with van der Waals surface area (Å²) in [4.78, 5) is 41.3. The standard InChI is InChI=1S/C22H11ClN2O.C12H5ClO3.C10H10N2/c23-16-11-10-14-20-13(16)6-3-7-15(20)22(26)25-18-9-2-5-12-4-1-8-17(19(12)18)24-21(14)25;13-9-5-4-8-10-6(9)2-1-3-7(10)11(14)16-12(8)15;11-8-5-1-3-7-4-2-6-9(12)10(7)8/h1-11H;1-5H;1-6H,11-12H2. The van der Waals surface area contributed by atoms with E-state index in [2.05, 4.69) is 4.74 Å². The zero-order valence-electron chi connectivity index (χ0n) is 28.1. The minimum atomic E-state index is -0.620. The third kappa shape index (κ3) is 5.15. The zero-order chi connectivity index (χ0) is 37.2. The lowest BCUT2D eigenvalue weighted by atomic mass is 9.97. The number of nitrogens with two attached hydrogens (primary N) is 2. The smallest absolute Gasteiger partial charge is 0.346 e. The molecule has 0 amide bonds. The number of ether oxygens (including phenoxy) is 1. The molecule has 0 saturated carbocycles. The molecule has 0 atom stereocenters. The molecular formula is C44H26Cl2N4O4. The van der Waals surface area contributed by atoms with Crippen LogP contribution < -0.4 is 17.0 Å². The maximum atomic E-state index is 13.4. The second-order valence-electron chi connectivity index (χ2n) is 12.8. The summed E-state index contributed by atoms with van der Waals surface area (Å²) in [5, 5.41) is 9.94. The van der Waals surface area contributed by atoms with Crippen LogP contribution in [0.4, 0.5) is 11.4 Å². The molecule has 2 aromatic heterocycles. The van der Waals surface area contributed by atoms with Gasteiger partial charge in [0.2, 0.25) is 0 Å². The van der Waals surface area contributed by atoms with Crippen LogP contribution in [0, 0.1) is 0 Å². The van der Waals surface area contributed by atoms with E-state index in [-0.39, 0.29) is 5.56 Å². The van der Waals surface area contributed by atoms with Crippen LogP contribution in [0.2, 0.25) is 10.0 Å². The number of halogens is 2. The van der Waals surface area contributed by atoms with Crippen molar-refractivity contribution in [3.8, 4) is 0 Å². The number of pyridine rings is 1. The van der Waals surface area contributed by atoms with E-state index in [4.69, 9.17) is 39.7 Å². The predicted molar refractivity (Wildman–Crippen MR) is 219 cm³/mol. The van der Waals surface area contributed by atoms with Crippen LogP contribution in [0.5, 0.6) is 0 Å². The minimum absolute atomic E-state index is 0.0638. The molecule has 0 unspecified atom stereocenters. The maximum Gasteiger partial charge on any atom is 0.346 e. The van der Waals surface area contributed by atoms with Gasteiger partial charge in [-0.3, -0.25) is 9.20 Å². The van der Waals surface area contributed by atoms with Crippen molar-refractivity contribution in [1.29, 1.82) is 0 Å². The SMILES string of the molecule is Nc1cccc2cccc(N)c12.O=C1OC(=O)c2ccc(Cl)c3cccc1c23.O=c1c2cccc3c(Cl)ccc(c32)c2nc3cccc4cccc(c43)n12. The third-order valence-electron chi connectivity index (χ3n) is 9.78. The summed E-state index contributed by atoms with van der Waals surface area (Å²) in [6.07, 6.45) is 0. The van der Waals surface area contributed by atoms with Gasteiger partial charge in [0.25, 0.3) is 5.56 Å². The summed E-state index contributed by atoms with van der Waals surface area (Å²) in [5.41, 5.74) is 16.2. The molecular weight excluding hydrogens is 719 g/mol. The fourth-order valence-corrected chi connectivity index (χ4v) is 7.85. The normalized spacial score (nSPS) is 12.3. The Morgan fingerprint density at radius 3 is 1.72 bits per heavy atom. The number of anilines is 2. The lowest BCUT2D eigenvalue weighted by molar-refractivity contribution is 0.0391. The van der Waals surface area contributed by atoms with Gasteiger partial charge in [-0.2, -0.15) is 0 Å². The second kappa shape index (κ2) is 12.7. The molecule has 10 aromatic rings. The molecule has 1 aliphatic heterocycles. The van der Waals surface area contributed by atoms with Gasteiger partial charge in [0.1, 0.15) is 5.65 Å². The molecule has 0 spiro atoms. The summed E-state index contributed by atoms with van der Waals surface area (Å²) in [5.74, 6) is -1.24. The molecule has 1 aliphatic rings. The van der Waals surface area contributed by atoms with Crippen molar-refractivity contribution >= 4 is 117 Å². The average molecular weight is 746 g/mol. The van der Waals surface area contributed by atoms with E-state index < -0.39 is 11.9 Å². The molecule has 260 valence electrons. The van der Waals surface area contributed by atoms with Crippen molar-refractivity contribution in [1.82, 2.24) is 9.38 Å². The first-order valence-corrected chi connectivity index (χ1v) is 17.6. The summed E-state index contributed by atoms with van der Waals surface area (Å²) >= 11 is 12.4. The molecule has 8 nitrogen and oxygen atoms in total. The molecule has 0 aliphatic carbocycles. The van der Waals surface area contributed by atoms with Gasteiger partial charge in [-0.15, -0.1) is 0 Å². The van der Waals surface area contributed by atoms with Gasteiger partial charge in [-0.1, -0.05) is 96.0 Å². The molecule has 0 radical (unpaired) electrons. The Bertz CT molecular complexity index is 3210. The predicted octanol–water partition coefficient (Wildman–Crippen LogP) is 10.2. The number of rotatable bonds is 0. The number of carbonyl (C=O) groups is 2. The molecule has 54 heavy (non-hydrogen) atoms. The first-order valence-electron chi connectivity index (χ1n) is 16.9. The molecule has 4 N–H and O–H groups in total. The highest BCUT2D eigenvalue weighted by Crippen LogP contribution is 2.35. The number of benzene rings is 8. The summed E-state index contributed by atoms with van der Waals surface area (Å²) in [6.45, 7) is 0. The first kappa shape index (κ1) is 33.1. The van der Waals surface area contributed by atoms with E-state index in [0.29, 0.717) is 43.0 Å². The third-order valence-corrected chi connectivity index (χ3v) is 10.4. The van der Waals surface area contributed by atoms with Crippen molar-refractivity contribution in [3.63, 3.8) is 0 Å². The summed E-state index contributed by atoms with van der Waals surface area (Å²) < 4.78 is 6.36. The van der Waals surface area contributed by atoms with Gasteiger partial charge in [0.15, 0.2) is 0 Å². The summed E-state index contributed by atoms with van der Waals surface area (Å²) in [7, 11) is 0. The second-order valence-corrected chi connectivity index (χ2v) is 13.7. The molecule has 10 heteroatoms. The van der Waals surface area contributed by atoms with Crippen molar-refractivity contribution < 1.29 is 14.3 Å². The number of nitrogens with zero attached hydrogens (tertiary/aromatic N) is 2. The zero-order valence-corrected chi connectivity index (χ0v) is 29.7. The minimum Gasteiger partial charge on any atom is -0.398 e. The molecule has 8 aromatic carbocycles. The summed E-state index contributed by atoms with van der Waals surface area (Å²) in [6, 6.07) is 41.5. The van der Waals surface area contributed by atoms with Crippen LogP contribution in [-0.2, 0) is 4.74 Å². The van der Waals surface area contributed by atoms with Crippen LogP contribution in [0.25, 0.3) is 70.5 Å². The number of hydrogen-bond acceptors (Lipinski definition) is 7. The molecule has 11 rings (SSSR count). The van der Waals surface area contributed by atoms with Crippen molar-refractivity contribution in [2.75, 3.05) is 11.5 Å². The number of cyclic esters (lactones) is 2. The lowest BCUT2D eigenvalue weighted by Gasteiger charge is -2.15. The van der Waals surface area contributed by atoms with E-state index in [0.717, 1.165) is 60.1 Å². The van der Waals surface area contributed by atoms with Gasteiger partial charge >= 0.3 is 11.9 Å². The number of hydrogen-bond donors (Lipinski definition) is 2. The highest BCUT2D eigenvalue weighted by atomic mass is 35.5. The quantitative estimate of drug-likeness (QED) is 0.0520. The Balaban J connectivity index is 0.000000117. The number of carbonyl (C=O) groups excluding carboxylic acids is 2. The Morgan fingerprint density at radius 1 is 0.500 bits per heavy atom. The Hall–Kier alpha value is -6.74.